The van der Waals surface area contributed by atoms with Crippen LogP contribution in [0.1, 0.15) is 11.3 Å². The summed E-state index contributed by atoms with van der Waals surface area (Å²) in [5.41, 5.74) is 1.88. The average molecular weight is 315 g/mol. The third-order valence-corrected chi connectivity index (χ3v) is 3.30. The number of carbonyl (C=O) groups excluding carboxylic acids is 1. The molecule has 2 rings (SSSR count). The van der Waals surface area contributed by atoms with Crippen LogP contribution < -0.4 is 20.1 Å². The number of urea groups is 1. The van der Waals surface area contributed by atoms with E-state index in [1.807, 2.05) is 36.4 Å². The van der Waals surface area contributed by atoms with E-state index in [1.165, 1.54) is 0 Å². The summed E-state index contributed by atoms with van der Waals surface area (Å²) in [5, 5.41) is 5.59. The summed E-state index contributed by atoms with van der Waals surface area (Å²) in [4.78, 5) is 15.9. The number of hydrogen-bond donors (Lipinski definition) is 2. The molecule has 0 radical (unpaired) electrons. The van der Waals surface area contributed by atoms with Crippen LogP contribution in [0, 0.1) is 0 Å². The number of carbonyl (C=O) groups is 1. The van der Waals surface area contributed by atoms with Gasteiger partial charge >= 0.3 is 6.03 Å². The number of benzene rings is 1. The third-order valence-electron chi connectivity index (χ3n) is 3.30. The lowest BCUT2D eigenvalue weighted by Gasteiger charge is -2.10. The van der Waals surface area contributed by atoms with E-state index in [2.05, 4.69) is 15.6 Å². The van der Waals surface area contributed by atoms with Crippen LogP contribution in [0.4, 0.5) is 4.79 Å². The van der Waals surface area contributed by atoms with Crippen molar-refractivity contribution in [3.8, 4) is 11.5 Å². The minimum absolute atomic E-state index is 0.212. The fourth-order valence-corrected chi connectivity index (χ4v) is 2.09. The first-order valence-corrected chi connectivity index (χ1v) is 7.35. The smallest absolute Gasteiger partial charge is 0.315 e. The Labute approximate surface area is 135 Å². The van der Waals surface area contributed by atoms with Crippen LogP contribution in [-0.4, -0.2) is 31.8 Å². The summed E-state index contributed by atoms with van der Waals surface area (Å²) < 4.78 is 10.5. The molecule has 0 aliphatic carbocycles. The van der Waals surface area contributed by atoms with Crippen LogP contribution >= 0.6 is 0 Å². The van der Waals surface area contributed by atoms with Crippen molar-refractivity contribution in [2.45, 2.75) is 13.0 Å². The molecule has 0 saturated heterocycles. The fourth-order valence-electron chi connectivity index (χ4n) is 2.09. The highest BCUT2D eigenvalue weighted by molar-refractivity contribution is 5.73. The lowest BCUT2D eigenvalue weighted by molar-refractivity contribution is 0.240. The van der Waals surface area contributed by atoms with Crippen molar-refractivity contribution >= 4 is 6.03 Å². The van der Waals surface area contributed by atoms with Crippen LogP contribution in [0.15, 0.2) is 42.6 Å². The highest BCUT2D eigenvalue weighted by Crippen LogP contribution is 2.27. The van der Waals surface area contributed by atoms with Gasteiger partial charge in [0, 0.05) is 12.7 Å². The van der Waals surface area contributed by atoms with Crippen LogP contribution in [0.5, 0.6) is 11.5 Å². The monoisotopic (exact) mass is 315 g/mol. The van der Waals surface area contributed by atoms with Crippen molar-refractivity contribution in [3.63, 3.8) is 0 Å². The summed E-state index contributed by atoms with van der Waals surface area (Å²) >= 11 is 0. The Bertz CT molecular complexity index is 632. The molecule has 23 heavy (non-hydrogen) atoms. The Hall–Kier alpha value is -2.76. The van der Waals surface area contributed by atoms with E-state index in [9.17, 15) is 4.79 Å². The van der Waals surface area contributed by atoms with Crippen LogP contribution in [0.2, 0.25) is 0 Å². The van der Waals surface area contributed by atoms with Crippen LogP contribution in [-0.2, 0) is 13.0 Å². The standard InChI is InChI=1S/C17H21N3O3/c1-22-15-7-6-13(11-16(15)23-2)8-10-19-17(21)20-12-14-5-3-4-9-18-14/h3-7,9,11H,8,10,12H2,1-2H3,(H2,19,20,21). The van der Waals surface area contributed by atoms with E-state index >= 15 is 0 Å². The second-order valence-electron chi connectivity index (χ2n) is 4.87. The van der Waals surface area contributed by atoms with Gasteiger partial charge in [-0.1, -0.05) is 12.1 Å². The van der Waals surface area contributed by atoms with Gasteiger partial charge in [-0.05, 0) is 36.2 Å². The maximum atomic E-state index is 11.7. The topological polar surface area (TPSA) is 72.5 Å². The quantitative estimate of drug-likeness (QED) is 0.821. The molecule has 0 fully saturated rings. The highest BCUT2D eigenvalue weighted by atomic mass is 16.5. The fraction of sp³-hybridized carbons (Fsp3) is 0.294. The van der Waals surface area contributed by atoms with E-state index in [1.54, 1.807) is 20.4 Å². The first-order valence-electron chi connectivity index (χ1n) is 7.35. The number of amides is 2. The molecule has 2 aromatic rings. The zero-order chi connectivity index (χ0) is 16.5. The first-order chi connectivity index (χ1) is 11.2. The molecule has 0 unspecified atom stereocenters. The van der Waals surface area contributed by atoms with Crippen molar-refractivity contribution in [1.29, 1.82) is 0 Å². The van der Waals surface area contributed by atoms with Gasteiger partial charge in [0.25, 0.3) is 0 Å². The molecule has 0 bridgehead atoms. The van der Waals surface area contributed by atoms with Crippen molar-refractivity contribution in [2.75, 3.05) is 20.8 Å². The number of pyridine rings is 1. The van der Waals surface area contributed by atoms with Crippen molar-refractivity contribution in [2.24, 2.45) is 0 Å². The number of rotatable bonds is 7. The Morgan fingerprint density at radius 2 is 1.91 bits per heavy atom. The summed E-state index contributed by atoms with van der Waals surface area (Å²) in [7, 11) is 3.20. The van der Waals surface area contributed by atoms with Gasteiger partial charge in [-0.2, -0.15) is 0 Å². The Balaban J connectivity index is 1.75. The average Bonchev–Trinajstić information content (AvgIpc) is 2.60. The van der Waals surface area contributed by atoms with Gasteiger partial charge in [0.15, 0.2) is 11.5 Å². The second-order valence-corrected chi connectivity index (χ2v) is 4.87. The molecule has 2 N–H and O–H groups in total. The van der Waals surface area contributed by atoms with Gasteiger partial charge in [0.1, 0.15) is 0 Å². The van der Waals surface area contributed by atoms with Gasteiger partial charge in [-0.3, -0.25) is 4.98 Å². The zero-order valence-corrected chi connectivity index (χ0v) is 13.3. The SMILES string of the molecule is COc1ccc(CCNC(=O)NCc2ccccn2)cc1OC. The molecule has 0 spiro atoms. The Morgan fingerprint density at radius 3 is 2.61 bits per heavy atom. The molecule has 2 amide bonds. The molecule has 6 nitrogen and oxygen atoms in total. The van der Waals surface area contributed by atoms with E-state index in [0.717, 1.165) is 11.3 Å². The normalized spacial score (nSPS) is 10.0. The van der Waals surface area contributed by atoms with Gasteiger partial charge in [-0.15, -0.1) is 0 Å². The predicted octanol–water partition coefficient (Wildman–Crippen LogP) is 2.14. The number of aromatic nitrogens is 1. The third kappa shape index (κ3) is 5.18. The van der Waals surface area contributed by atoms with Crippen LogP contribution in [0.3, 0.4) is 0 Å². The van der Waals surface area contributed by atoms with E-state index < -0.39 is 0 Å². The second kappa shape index (κ2) is 8.63. The highest BCUT2D eigenvalue weighted by Gasteiger charge is 2.05. The van der Waals surface area contributed by atoms with Gasteiger partial charge in [0.2, 0.25) is 0 Å². The molecule has 1 heterocycles. The summed E-state index contributed by atoms with van der Waals surface area (Å²) in [6, 6.07) is 11.1. The largest absolute Gasteiger partial charge is 0.493 e. The lowest BCUT2D eigenvalue weighted by Crippen LogP contribution is -2.36. The molecule has 0 aliphatic rings. The number of methoxy groups -OCH3 is 2. The summed E-state index contributed by atoms with van der Waals surface area (Å²) in [5.74, 6) is 1.38. The Kier molecular flexibility index (Phi) is 6.23. The molecular weight excluding hydrogens is 294 g/mol. The van der Waals surface area contributed by atoms with E-state index in [0.29, 0.717) is 31.0 Å². The summed E-state index contributed by atoms with van der Waals surface area (Å²) in [6.45, 7) is 0.937. The van der Waals surface area contributed by atoms with Gasteiger partial charge in [-0.25, -0.2) is 4.79 Å². The molecule has 122 valence electrons. The number of nitrogens with zero attached hydrogens (tertiary/aromatic N) is 1. The first kappa shape index (κ1) is 16.6. The maximum absolute atomic E-state index is 11.7. The molecule has 0 atom stereocenters. The van der Waals surface area contributed by atoms with E-state index in [4.69, 9.17) is 9.47 Å². The number of nitrogens with one attached hydrogen (secondary N) is 2. The lowest BCUT2D eigenvalue weighted by atomic mass is 10.1. The van der Waals surface area contributed by atoms with Gasteiger partial charge in [0.05, 0.1) is 26.5 Å². The minimum Gasteiger partial charge on any atom is -0.493 e. The van der Waals surface area contributed by atoms with Crippen molar-refractivity contribution < 1.29 is 14.3 Å². The number of ether oxygens (including phenoxy) is 2. The summed E-state index contributed by atoms with van der Waals surface area (Å²) in [6.07, 6.45) is 2.41. The van der Waals surface area contributed by atoms with Crippen molar-refractivity contribution in [1.82, 2.24) is 15.6 Å². The van der Waals surface area contributed by atoms with Crippen LogP contribution in [0.25, 0.3) is 0 Å². The molecule has 0 saturated carbocycles. The Morgan fingerprint density at radius 1 is 1.09 bits per heavy atom. The molecule has 0 aliphatic heterocycles. The molecule has 6 heteroatoms. The number of hydrogen-bond acceptors (Lipinski definition) is 4. The maximum Gasteiger partial charge on any atom is 0.315 e. The van der Waals surface area contributed by atoms with E-state index in [-0.39, 0.29) is 6.03 Å². The van der Waals surface area contributed by atoms with Crippen molar-refractivity contribution in [3.05, 3.63) is 53.9 Å². The molecular formula is C17H21N3O3. The van der Waals surface area contributed by atoms with Gasteiger partial charge < -0.3 is 20.1 Å². The molecule has 1 aromatic heterocycles. The zero-order valence-electron chi connectivity index (χ0n) is 13.3. The molecule has 1 aromatic carbocycles. The predicted molar refractivity (Wildman–Crippen MR) is 87.7 cm³/mol. The minimum atomic E-state index is -0.212.